The van der Waals surface area contributed by atoms with Crippen LogP contribution >= 0.6 is 0 Å². The fourth-order valence-electron chi connectivity index (χ4n) is 2.73. The number of amides is 1. The second-order valence-corrected chi connectivity index (χ2v) is 6.67. The first-order valence-corrected chi connectivity index (χ1v) is 7.26. The van der Waals surface area contributed by atoms with Crippen LogP contribution < -0.4 is 5.32 Å². The summed E-state index contributed by atoms with van der Waals surface area (Å²) < 4.78 is 0. The molecule has 1 aliphatic heterocycles. The van der Waals surface area contributed by atoms with Crippen molar-refractivity contribution >= 4 is 5.91 Å². The highest BCUT2D eigenvalue weighted by Gasteiger charge is 2.40. The Bertz CT molecular complexity index is 280. The molecule has 3 nitrogen and oxygen atoms in total. The summed E-state index contributed by atoms with van der Waals surface area (Å²) in [6.07, 6.45) is 2.35. The summed E-state index contributed by atoms with van der Waals surface area (Å²) in [4.78, 5) is 14.7. The Hall–Kier alpha value is -0.570. The lowest BCUT2D eigenvalue weighted by Crippen LogP contribution is -2.50. The number of hydrogen-bond acceptors (Lipinski definition) is 2. The van der Waals surface area contributed by atoms with Gasteiger partial charge in [-0.3, -0.25) is 4.79 Å². The summed E-state index contributed by atoms with van der Waals surface area (Å²) in [6.45, 7) is 12.8. The third kappa shape index (κ3) is 3.25. The maximum Gasteiger partial charge on any atom is 0.228 e. The molecule has 0 radical (unpaired) electrons. The van der Waals surface area contributed by atoms with Crippen molar-refractivity contribution in [3.05, 3.63) is 0 Å². The van der Waals surface area contributed by atoms with Gasteiger partial charge in [-0.1, -0.05) is 27.7 Å². The van der Waals surface area contributed by atoms with Gasteiger partial charge in [-0.2, -0.15) is 0 Å². The molecule has 2 unspecified atom stereocenters. The van der Waals surface area contributed by atoms with E-state index in [2.05, 4.69) is 39.9 Å². The highest BCUT2D eigenvalue weighted by Crippen LogP contribution is 2.34. The van der Waals surface area contributed by atoms with E-state index in [4.69, 9.17) is 0 Å². The molecule has 2 atom stereocenters. The molecule has 1 heterocycles. The van der Waals surface area contributed by atoms with E-state index in [9.17, 15) is 4.79 Å². The number of rotatable bonds is 4. The zero-order valence-corrected chi connectivity index (χ0v) is 12.9. The number of nitrogens with one attached hydrogen (secondary N) is 1. The maximum absolute atomic E-state index is 12.7. The molecule has 106 valence electrons. The second kappa shape index (κ2) is 6.05. The van der Waals surface area contributed by atoms with Crippen LogP contribution in [0.25, 0.3) is 0 Å². The minimum absolute atomic E-state index is 0.259. The third-order valence-electron chi connectivity index (χ3n) is 4.76. The van der Waals surface area contributed by atoms with Gasteiger partial charge < -0.3 is 10.2 Å². The maximum atomic E-state index is 12.7. The van der Waals surface area contributed by atoms with Crippen LogP contribution in [0.2, 0.25) is 0 Å². The fourth-order valence-corrected chi connectivity index (χ4v) is 2.73. The van der Waals surface area contributed by atoms with Crippen molar-refractivity contribution in [2.75, 3.05) is 20.1 Å². The highest BCUT2D eigenvalue weighted by atomic mass is 16.2. The van der Waals surface area contributed by atoms with Crippen LogP contribution in [0.15, 0.2) is 0 Å². The molecule has 0 aliphatic carbocycles. The Morgan fingerprint density at radius 2 is 1.94 bits per heavy atom. The molecule has 0 bridgehead atoms. The van der Waals surface area contributed by atoms with Gasteiger partial charge in [-0.15, -0.1) is 0 Å². The SMILES string of the molecule is CC(C)C(C)N(C)C(=O)C(C)(C)C1CCCNC1. The van der Waals surface area contributed by atoms with E-state index < -0.39 is 0 Å². The van der Waals surface area contributed by atoms with Crippen LogP contribution in [0, 0.1) is 17.3 Å². The molecule has 0 aromatic rings. The third-order valence-corrected chi connectivity index (χ3v) is 4.76. The summed E-state index contributed by atoms with van der Waals surface area (Å²) in [5.74, 6) is 1.25. The fraction of sp³-hybridized carbons (Fsp3) is 0.933. The largest absolute Gasteiger partial charge is 0.342 e. The van der Waals surface area contributed by atoms with Crippen molar-refractivity contribution in [3.8, 4) is 0 Å². The van der Waals surface area contributed by atoms with Gasteiger partial charge in [0.1, 0.15) is 0 Å². The van der Waals surface area contributed by atoms with E-state index in [1.807, 2.05) is 11.9 Å². The van der Waals surface area contributed by atoms with Crippen LogP contribution in [0.3, 0.4) is 0 Å². The highest BCUT2D eigenvalue weighted by molar-refractivity contribution is 5.82. The predicted molar refractivity (Wildman–Crippen MR) is 76.4 cm³/mol. The lowest BCUT2D eigenvalue weighted by atomic mass is 9.73. The number of nitrogens with zero attached hydrogens (tertiary/aromatic N) is 1. The van der Waals surface area contributed by atoms with Gasteiger partial charge in [-0.05, 0) is 44.7 Å². The summed E-state index contributed by atoms with van der Waals surface area (Å²) in [6, 6.07) is 0.299. The van der Waals surface area contributed by atoms with E-state index >= 15 is 0 Å². The predicted octanol–water partition coefficient (Wildman–Crippen LogP) is 2.52. The second-order valence-electron chi connectivity index (χ2n) is 6.67. The first-order valence-electron chi connectivity index (χ1n) is 7.26. The Morgan fingerprint density at radius 1 is 1.33 bits per heavy atom. The molecular formula is C15H30N2O. The van der Waals surface area contributed by atoms with Crippen LogP contribution in [0.1, 0.15) is 47.5 Å². The minimum atomic E-state index is -0.259. The van der Waals surface area contributed by atoms with Crippen molar-refractivity contribution in [2.45, 2.75) is 53.5 Å². The normalized spacial score (nSPS) is 22.9. The average molecular weight is 254 g/mol. The van der Waals surface area contributed by atoms with Crippen molar-refractivity contribution in [3.63, 3.8) is 0 Å². The summed E-state index contributed by atoms with van der Waals surface area (Å²) in [5.41, 5.74) is -0.259. The summed E-state index contributed by atoms with van der Waals surface area (Å²) in [5, 5.41) is 3.42. The van der Waals surface area contributed by atoms with Crippen molar-refractivity contribution in [2.24, 2.45) is 17.3 Å². The molecule has 0 aromatic carbocycles. The Morgan fingerprint density at radius 3 is 2.39 bits per heavy atom. The molecule has 3 heteroatoms. The van der Waals surface area contributed by atoms with Gasteiger partial charge in [0.05, 0.1) is 0 Å². The van der Waals surface area contributed by atoms with Crippen LogP contribution in [0.4, 0.5) is 0 Å². The van der Waals surface area contributed by atoms with E-state index in [1.165, 1.54) is 6.42 Å². The smallest absolute Gasteiger partial charge is 0.228 e. The number of hydrogen-bond donors (Lipinski definition) is 1. The lowest BCUT2D eigenvalue weighted by Gasteiger charge is -2.41. The minimum Gasteiger partial charge on any atom is -0.342 e. The topological polar surface area (TPSA) is 32.3 Å². The van der Waals surface area contributed by atoms with E-state index in [-0.39, 0.29) is 11.3 Å². The molecule has 1 rings (SSSR count). The molecule has 0 spiro atoms. The van der Waals surface area contributed by atoms with Crippen molar-refractivity contribution in [1.29, 1.82) is 0 Å². The molecule has 1 N–H and O–H groups in total. The molecule has 0 saturated carbocycles. The Balaban J connectivity index is 2.73. The van der Waals surface area contributed by atoms with Gasteiger partial charge in [0.2, 0.25) is 5.91 Å². The quantitative estimate of drug-likeness (QED) is 0.836. The van der Waals surface area contributed by atoms with E-state index in [1.54, 1.807) is 0 Å². The van der Waals surface area contributed by atoms with Crippen LogP contribution in [-0.4, -0.2) is 37.0 Å². The van der Waals surface area contributed by atoms with Gasteiger partial charge in [-0.25, -0.2) is 0 Å². The van der Waals surface area contributed by atoms with E-state index in [0.29, 0.717) is 17.9 Å². The molecule has 1 amide bonds. The Kier molecular flexibility index (Phi) is 5.20. The number of carbonyl (C=O) groups is 1. The molecular weight excluding hydrogens is 224 g/mol. The first kappa shape index (κ1) is 15.5. The number of carbonyl (C=O) groups excluding carboxylic acids is 1. The van der Waals surface area contributed by atoms with Gasteiger partial charge in [0.15, 0.2) is 0 Å². The van der Waals surface area contributed by atoms with E-state index in [0.717, 1.165) is 19.5 Å². The molecule has 1 saturated heterocycles. The standard InChI is InChI=1S/C15H30N2O/c1-11(2)12(3)17(6)14(18)15(4,5)13-8-7-9-16-10-13/h11-13,16H,7-10H2,1-6H3. The lowest BCUT2D eigenvalue weighted by molar-refractivity contribution is -0.145. The van der Waals surface area contributed by atoms with Gasteiger partial charge in [0, 0.05) is 18.5 Å². The Labute approximate surface area is 112 Å². The van der Waals surface area contributed by atoms with Gasteiger partial charge >= 0.3 is 0 Å². The molecule has 0 aromatic heterocycles. The zero-order chi connectivity index (χ0) is 13.9. The molecule has 1 aliphatic rings. The summed E-state index contributed by atoms with van der Waals surface area (Å²) >= 11 is 0. The first-order chi connectivity index (χ1) is 8.28. The molecule has 18 heavy (non-hydrogen) atoms. The number of piperidine rings is 1. The van der Waals surface area contributed by atoms with Crippen molar-refractivity contribution < 1.29 is 4.79 Å². The average Bonchev–Trinajstić information content (AvgIpc) is 2.36. The van der Waals surface area contributed by atoms with Crippen LogP contribution in [-0.2, 0) is 4.79 Å². The summed E-state index contributed by atoms with van der Waals surface area (Å²) in [7, 11) is 1.95. The zero-order valence-electron chi connectivity index (χ0n) is 12.9. The monoisotopic (exact) mass is 254 g/mol. The molecule has 1 fully saturated rings. The van der Waals surface area contributed by atoms with Crippen LogP contribution in [0.5, 0.6) is 0 Å². The van der Waals surface area contributed by atoms with Crippen molar-refractivity contribution in [1.82, 2.24) is 10.2 Å². The van der Waals surface area contributed by atoms with Gasteiger partial charge in [0.25, 0.3) is 0 Å².